The van der Waals surface area contributed by atoms with Crippen LogP contribution in [0.3, 0.4) is 0 Å². The molecule has 2 fully saturated rings. The molecule has 5 heteroatoms. The summed E-state index contributed by atoms with van der Waals surface area (Å²) < 4.78 is 0. The van der Waals surface area contributed by atoms with Crippen molar-refractivity contribution in [3.05, 3.63) is 24.3 Å². The van der Waals surface area contributed by atoms with Gasteiger partial charge < -0.3 is 20.6 Å². The van der Waals surface area contributed by atoms with Gasteiger partial charge in [-0.15, -0.1) is 0 Å². The average molecular weight is 331 g/mol. The molecule has 1 aromatic rings. The van der Waals surface area contributed by atoms with Crippen LogP contribution in [0.1, 0.15) is 44.9 Å². The molecule has 1 aromatic carbocycles. The number of hydrogen-bond acceptors (Lipinski definition) is 3. The summed E-state index contributed by atoms with van der Waals surface area (Å²) in [5, 5.41) is 15.1. The SMILES string of the molecule is O=C(Nc1ccc(N2CCCCC2)cc1)NC1CCC(CO)CC1. The summed E-state index contributed by atoms with van der Waals surface area (Å²) in [5.74, 6) is 0.411. The highest BCUT2D eigenvalue weighted by atomic mass is 16.3. The van der Waals surface area contributed by atoms with Gasteiger partial charge in [0, 0.05) is 37.1 Å². The third-order valence-corrected chi connectivity index (χ3v) is 5.29. The molecule has 3 rings (SSSR count). The van der Waals surface area contributed by atoms with Gasteiger partial charge in [0.05, 0.1) is 0 Å². The third kappa shape index (κ3) is 4.63. The first-order valence-electron chi connectivity index (χ1n) is 9.28. The smallest absolute Gasteiger partial charge is 0.319 e. The first-order valence-corrected chi connectivity index (χ1v) is 9.28. The molecular weight excluding hydrogens is 302 g/mol. The van der Waals surface area contributed by atoms with Gasteiger partial charge in [-0.3, -0.25) is 0 Å². The molecule has 0 atom stereocenters. The first-order chi connectivity index (χ1) is 11.7. The number of urea groups is 1. The Balaban J connectivity index is 1.46. The molecule has 24 heavy (non-hydrogen) atoms. The largest absolute Gasteiger partial charge is 0.396 e. The molecule has 1 saturated heterocycles. The van der Waals surface area contributed by atoms with Crippen LogP contribution in [0.5, 0.6) is 0 Å². The molecule has 0 radical (unpaired) electrons. The van der Waals surface area contributed by atoms with Crippen LogP contribution in [-0.4, -0.2) is 36.9 Å². The van der Waals surface area contributed by atoms with Gasteiger partial charge in [-0.1, -0.05) is 0 Å². The van der Waals surface area contributed by atoms with Crippen molar-refractivity contribution in [1.29, 1.82) is 0 Å². The molecule has 2 amide bonds. The van der Waals surface area contributed by atoms with Gasteiger partial charge >= 0.3 is 6.03 Å². The van der Waals surface area contributed by atoms with E-state index in [9.17, 15) is 4.79 Å². The van der Waals surface area contributed by atoms with Crippen molar-refractivity contribution >= 4 is 17.4 Å². The zero-order chi connectivity index (χ0) is 16.8. The van der Waals surface area contributed by atoms with E-state index in [0.29, 0.717) is 5.92 Å². The van der Waals surface area contributed by atoms with Gasteiger partial charge in [0.15, 0.2) is 0 Å². The first kappa shape index (κ1) is 17.1. The molecule has 0 unspecified atom stereocenters. The molecule has 5 nitrogen and oxygen atoms in total. The van der Waals surface area contributed by atoms with E-state index in [4.69, 9.17) is 5.11 Å². The van der Waals surface area contributed by atoms with E-state index in [-0.39, 0.29) is 18.7 Å². The molecule has 3 N–H and O–H groups in total. The number of nitrogens with zero attached hydrogens (tertiary/aromatic N) is 1. The van der Waals surface area contributed by atoms with Crippen LogP contribution in [0.25, 0.3) is 0 Å². The van der Waals surface area contributed by atoms with E-state index < -0.39 is 0 Å². The summed E-state index contributed by atoms with van der Waals surface area (Å²) in [4.78, 5) is 14.5. The molecule has 0 spiro atoms. The van der Waals surface area contributed by atoms with E-state index in [0.717, 1.165) is 44.5 Å². The van der Waals surface area contributed by atoms with Gasteiger partial charge in [-0.05, 0) is 75.1 Å². The van der Waals surface area contributed by atoms with Gasteiger partial charge in [-0.25, -0.2) is 4.79 Å². The number of amides is 2. The quantitative estimate of drug-likeness (QED) is 0.793. The monoisotopic (exact) mass is 331 g/mol. The Kier molecular flexibility index (Phi) is 5.96. The number of carbonyl (C=O) groups is 1. The molecule has 1 saturated carbocycles. The highest BCUT2D eigenvalue weighted by Crippen LogP contribution is 2.24. The van der Waals surface area contributed by atoms with Crippen LogP contribution < -0.4 is 15.5 Å². The van der Waals surface area contributed by atoms with Gasteiger partial charge in [-0.2, -0.15) is 0 Å². The van der Waals surface area contributed by atoms with Crippen molar-refractivity contribution in [2.75, 3.05) is 29.9 Å². The molecule has 1 aliphatic heterocycles. The van der Waals surface area contributed by atoms with Gasteiger partial charge in [0.1, 0.15) is 0 Å². The zero-order valence-electron chi connectivity index (χ0n) is 14.3. The minimum Gasteiger partial charge on any atom is -0.396 e. The number of rotatable bonds is 4. The maximum Gasteiger partial charge on any atom is 0.319 e. The number of anilines is 2. The number of carbonyl (C=O) groups excluding carboxylic acids is 1. The number of benzene rings is 1. The number of nitrogens with one attached hydrogen (secondary N) is 2. The number of aliphatic hydroxyl groups excluding tert-OH is 1. The number of piperidine rings is 1. The predicted molar refractivity (Wildman–Crippen MR) is 97.5 cm³/mol. The van der Waals surface area contributed by atoms with Gasteiger partial charge in [0.2, 0.25) is 0 Å². The van der Waals surface area contributed by atoms with E-state index in [1.54, 1.807) is 0 Å². The number of aliphatic hydroxyl groups is 1. The second kappa shape index (κ2) is 8.38. The molecular formula is C19H29N3O2. The highest BCUT2D eigenvalue weighted by Gasteiger charge is 2.21. The molecule has 0 aromatic heterocycles. The topological polar surface area (TPSA) is 64.6 Å². The van der Waals surface area contributed by atoms with Crippen molar-refractivity contribution in [3.63, 3.8) is 0 Å². The molecule has 1 heterocycles. The Morgan fingerprint density at radius 2 is 1.71 bits per heavy atom. The Hall–Kier alpha value is -1.75. The summed E-state index contributed by atoms with van der Waals surface area (Å²) in [6.07, 6.45) is 7.75. The Bertz CT molecular complexity index is 518. The maximum absolute atomic E-state index is 12.1. The van der Waals surface area contributed by atoms with Gasteiger partial charge in [0.25, 0.3) is 0 Å². The summed E-state index contributed by atoms with van der Waals surface area (Å²) in [6.45, 7) is 2.52. The fraction of sp³-hybridized carbons (Fsp3) is 0.632. The normalized spacial score (nSPS) is 24.5. The van der Waals surface area contributed by atoms with Crippen molar-refractivity contribution in [1.82, 2.24) is 5.32 Å². The second-order valence-electron chi connectivity index (χ2n) is 7.09. The molecule has 2 aliphatic rings. The Morgan fingerprint density at radius 1 is 1.04 bits per heavy atom. The Morgan fingerprint density at radius 3 is 2.33 bits per heavy atom. The second-order valence-corrected chi connectivity index (χ2v) is 7.09. The van der Waals surface area contributed by atoms with Crippen LogP contribution in [0.15, 0.2) is 24.3 Å². The van der Waals surface area contributed by atoms with Crippen molar-refractivity contribution in [3.8, 4) is 0 Å². The van der Waals surface area contributed by atoms with Crippen LogP contribution in [0.4, 0.5) is 16.2 Å². The summed E-state index contributed by atoms with van der Waals surface area (Å²) in [7, 11) is 0. The minimum atomic E-state index is -0.131. The van der Waals surface area contributed by atoms with Crippen molar-refractivity contribution in [2.45, 2.75) is 51.0 Å². The van der Waals surface area contributed by atoms with E-state index in [1.165, 1.54) is 24.9 Å². The lowest BCUT2D eigenvalue weighted by Gasteiger charge is -2.29. The van der Waals surface area contributed by atoms with Crippen LogP contribution in [-0.2, 0) is 0 Å². The van der Waals surface area contributed by atoms with E-state index in [2.05, 4.69) is 27.7 Å². The zero-order valence-corrected chi connectivity index (χ0v) is 14.3. The third-order valence-electron chi connectivity index (χ3n) is 5.29. The van der Waals surface area contributed by atoms with E-state index >= 15 is 0 Å². The fourth-order valence-electron chi connectivity index (χ4n) is 3.75. The average Bonchev–Trinajstić information content (AvgIpc) is 2.64. The maximum atomic E-state index is 12.1. The van der Waals surface area contributed by atoms with Crippen LogP contribution in [0.2, 0.25) is 0 Å². The lowest BCUT2D eigenvalue weighted by atomic mass is 9.87. The predicted octanol–water partition coefficient (Wildman–Crippen LogP) is 3.35. The van der Waals surface area contributed by atoms with Crippen molar-refractivity contribution in [2.24, 2.45) is 5.92 Å². The standard InChI is InChI=1S/C19H29N3O2/c23-14-15-4-6-16(7-5-15)20-19(24)21-17-8-10-18(11-9-17)22-12-2-1-3-13-22/h8-11,15-16,23H,1-7,12-14H2,(H2,20,21,24). The minimum absolute atomic E-state index is 0.131. The lowest BCUT2D eigenvalue weighted by molar-refractivity contribution is 0.176. The highest BCUT2D eigenvalue weighted by molar-refractivity contribution is 5.89. The van der Waals surface area contributed by atoms with Crippen LogP contribution >= 0.6 is 0 Å². The molecule has 0 bridgehead atoms. The fourth-order valence-corrected chi connectivity index (χ4v) is 3.75. The van der Waals surface area contributed by atoms with Crippen LogP contribution in [0, 0.1) is 5.92 Å². The molecule has 1 aliphatic carbocycles. The lowest BCUT2D eigenvalue weighted by Crippen LogP contribution is -2.40. The molecule has 132 valence electrons. The Labute approximate surface area is 144 Å². The summed E-state index contributed by atoms with van der Waals surface area (Å²) >= 11 is 0. The number of hydrogen-bond donors (Lipinski definition) is 3. The van der Waals surface area contributed by atoms with Crippen molar-refractivity contribution < 1.29 is 9.90 Å². The summed E-state index contributed by atoms with van der Waals surface area (Å²) in [6, 6.07) is 8.23. The summed E-state index contributed by atoms with van der Waals surface area (Å²) in [5.41, 5.74) is 2.07. The van der Waals surface area contributed by atoms with E-state index in [1.807, 2.05) is 12.1 Å².